The fourth-order valence-corrected chi connectivity index (χ4v) is 4.41. The number of rotatable bonds is 1. The maximum absolute atomic E-state index is 13.5. The lowest BCUT2D eigenvalue weighted by atomic mass is 9.58. The summed E-state index contributed by atoms with van der Waals surface area (Å²) in [5.74, 6) is 1.21. The molecule has 2 fully saturated rings. The molecule has 1 nitrogen and oxygen atoms in total. The van der Waals surface area contributed by atoms with Gasteiger partial charge in [0, 0.05) is 12.5 Å². The van der Waals surface area contributed by atoms with Crippen LogP contribution in [0.25, 0.3) is 0 Å². The summed E-state index contributed by atoms with van der Waals surface area (Å²) < 4.78 is 13.5. The first-order valence-electron chi connectivity index (χ1n) is 7.66. The van der Waals surface area contributed by atoms with Gasteiger partial charge in [-0.15, -0.1) is 0 Å². The Labute approximate surface area is 115 Å². The minimum Gasteiger partial charge on any atom is -0.316 e. The molecule has 104 valence electrons. The smallest absolute Gasteiger partial charge is 0.123 e. The fourth-order valence-electron chi connectivity index (χ4n) is 4.41. The molecule has 1 aromatic carbocycles. The predicted molar refractivity (Wildman–Crippen MR) is 76.7 cm³/mol. The second-order valence-electron chi connectivity index (χ2n) is 6.63. The van der Waals surface area contributed by atoms with Crippen molar-refractivity contribution in [1.29, 1.82) is 0 Å². The highest BCUT2D eigenvalue weighted by molar-refractivity contribution is 5.25. The Morgan fingerprint density at radius 2 is 2.21 bits per heavy atom. The van der Waals surface area contributed by atoms with Gasteiger partial charge in [0.15, 0.2) is 0 Å². The summed E-state index contributed by atoms with van der Waals surface area (Å²) in [7, 11) is 0. The summed E-state index contributed by atoms with van der Waals surface area (Å²) >= 11 is 0. The molecular weight excluding hydrogens is 237 g/mol. The zero-order chi connectivity index (χ0) is 13.3. The highest BCUT2D eigenvalue weighted by atomic mass is 19.1. The summed E-state index contributed by atoms with van der Waals surface area (Å²) in [6, 6.07) is 7.27. The van der Waals surface area contributed by atoms with Crippen LogP contribution in [0.5, 0.6) is 0 Å². The minimum absolute atomic E-state index is 0.0953. The second kappa shape index (κ2) is 5.24. The molecule has 2 heteroatoms. The van der Waals surface area contributed by atoms with Crippen molar-refractivity contribution in [3.8, 4) is 0 Å². The molecule has 1 spiro atoms. The average Bonchev–Trinajstić information content (AvgIpc) is 2.39. The van der Waals surface area contributed by atoms with E-state index in [1.54, 1.807) is 12.1 Å². The molecule has 2 aliphatic rings. The molecule has 1 aliphatic carbocycles. The molecule has 19 heavy (non-hydrogen) atoms. The molecule has 3 rings (SSSR count). The number of piperidine rings is 1. The fraction of sp³-hybridized carbons (Fsp3) is 0.647. The molecular formula is C17H24FN. The molecule has 1 aromatic rings. The monoisotopic (exact) mass is 261 g/mol. The second-order valence-corrected chi connectivity index (χ2v) is 6.63. The van der Waals surface area contributed by atoms with Crippen LogP contribution in [0.1, 0.15) is 50.5 Å². The van der Waals surface area contributed by atoms with Crippen molar-refractivity contribution in [3.05, 3.63) is 35.6 Å². The van der Waals surface area contributed by atoms with Crippen molar-refractivity contribution in [2.75, 3.05) is 13.1 Å². The van der Waals surface area contributed by atoms with Gasteiger partial charge in [-0.1, -0.05) is 31.9 Å². The first kappa shape index (κ1) is 13.1. The Morgan fingerprint density at radius 1 is 1.32 bits per heavy atom. The molecule has 1 heterocycles. The van der Waals surface area contributed by atoms with Crippen LogP contribution in [0.15, 0.2) is 24.3 Å². The largest absolute Gasteiger partial charge is 0.316 e. The number of hydrogen-bond acceptors (Lipinski definition) is 1. The molecule has 0 amide bonds. The minimum atomic E-state index is -0.0953. The van der Waals surface area contributed by atoms with E-state index in [2.05, 4.69) is 18.3 Å². The highest BCUT2D eigenvalue weighted by Gasteiger charge is 2.43. The van der Waals surface area contributed by atoms with Gasteiger partial charge in [-0.2, -0.15) is 0 Å². The third kappa shape index (κ3) is 2.55. The Kier molecular flexibility index (Phi) is 3.62. The molecule has 1 saturated heterocycles. The Bertz CT molecular complexity index is 441. The van der Waals surface area contributed by atoms with Crippen LogP contribution in [-0.4, -0.2) is 13.1 Å². The Balaban J connectivity index is 1.92. The lowest BCUT2D eigenvalue weighted by molar-refractivity contribution is 0.0755. The van der Waals surface area contributed by atoms with Crippen molar-refractivity contribution in [3.63, 3.8) is 0 Å². The summed E-state index contributed by atoms with van der Waals surface area (Å²) in [6.07, 6.45) is 6.59. The maximum Gasteiger partial charge on any atom is 0.123 e. The summed E-state index contributed by atoms with van der Waals surface area (Å²) in [4.78, 5) is 0. The van der Waals surface area contributed by atoms with Gasteiger partial charge in [0.05, 0.1) is 0 Å². The van der Waals surface area contributed by atoms with E-state index in [9.17, 15) is 4.39 Å². The van der Waals surface area contributed by atoms with E-state index in [0.29, 0.717) is 11.3 Å². The zero-order valence-electron chi connectivity index (χ0n) is 11.8. The van der Waals surface area contributed by atoms with Crippen LogP contribution in [0, 0.1) is 17.2 Å². The van der Waals surface area contributed by atoms with Gasteiger partial charge in [-0.3, -0.25) is 0 Å². The molecule has 0 radical (unpaired) electrons. The molecule has 1 saturated carbocycles. The SMILES string of the molecule is CC1CCCC2(CCNCC2c2cccc(F)c2)C1. The van der Waals surface area contributed by atoms with Crippen molar-refractivity contribution in [2.24, 2.45) is 11.3 Å². The van der Waals surface area contributed by atoms with E-state index in [1.165, 1.54) is 37.7 Å². The molecule has 1 N–H and O–H groups in total. The summed E-state index contributed by atoms with van der Waals surface area (Å²) in [5, 5.41) is 3.52. The molecule has 3 atom stereocenters. The van der Waals surface area contributed by atoms with E-state index >= 15 is 0 Å². The van der Waals surface area contributed by atoms with E-state index in [4.69, 9.17) is 0 Å². The van der Waals surface area contributed by atoms with E-state index < -0.39 is 0 Å². The number of halogens is 1. The lowest BCUT2D eigenvalue weighted by Crippen LogP contribution is -2.45. The van der Waals surface area contributed by atoms with Gasteiger partial charge < -0.3 is 5.32 Å². The number of nitrogens with one attached hydrogen (secondary N) is 1. The van der Waals surface area contributed by atoms with Crippen molar-refractivity contribution >= 4 is 0 Å². The van der Waals surface area contributed by atoms with Gasteiger partial charge in [-0.25, -0.2) is 4.39 Å². The average molecular weight is 261 g/mol. The van der Waals surface area contributed by atoms with Crippen LogP contribution in [0.4, 0.5) is 4.39 Å². The Hall–Kier alpha value is -0.890. The number of benzene rings is 1. The zero-order valence-corrected chi connectivity index (χ0v) is 11.8. The molecule has 3 unspecified atom stereocenters. The first-order valence-corrected chi connectivity index (χ1v) is 7.66. The standard InChI is InChI=1S/C17H24FN/c1-13-4-3-7-17(11-13)8-9-19-12-16(17)14-5-2-6-15(18)10-14/h2,5-6,10,13,16,19H,3-4,7-9,11-12H2,1H3. The van der Waals surface area contributed by atoms with E-state index in [-0.39, 0.29) is 5.82 Å². The van der Waals surface area contributed by atoms with Gasteiger partial charge in [0.1, 0.15) is 5.82 Å². The third-order valence-corrected chi connectivity index (χ3v) is 5.26. The van der Waals surface area contributed by atoms with Crippen LogP contribution < -0.4 is 5.32 Å². The highest BCUT2D eigenvalue weighted by Crippen LogP contribution is 2.52. The number of hydrogen-bond donors (Lipinski definition) is 1. The predicted octanol–water partition coefficient (Wildman–Crippen LogP) is 4.10. The lowest BCUT2D eigenvalue weighted by Gasteiger charge is -2.49. The van der Waals surface area contributed by atoms with Crippen molar-refractivity contribution in [2.45, 2.75) is 44.9 Å². The third-order valence-electron chi connectivity index (χ3n) is 5.26. The molecule has 0 bridgehead atoms. The quantitative estimate of drug-likeness (QED) is 0.802. The summed E-state index contributed by atoms with van der Waals surface area (Å²) in [6.45, 7) is 4.51. The van der Waals surface area contributed by atoms with Crippen LogP contribution >= 0.6 is 0 Å². The van der Waals surface area contributed by atoms with Crippen LogP contribution in [-0.2, 0) is 0 Å². The normalized spacial score (nSPS) is 35.5. The maximum atomic E-state index is 13.5. The topological polar surface area (TPSA) is 12.0 Å². The van der Waals surface area contributed by atoms with Gasteiger partial charge in [0.25, 0.3) is 0 Å². The summed E-state index contributed by atoms with van der Waals surface area (Å²) in [5.41, 5.74) is 1.61. The van der Waals surface area contributed by atoms with Gasteiger partial charge in [0.2, 0.25) is 0 Å². The van der Waals surface area contributed by atoms with E-state index in [0.717, 1.165) is 19.0 Å². The first-order chi connectivity index (χ1) is 9.20. The molecule has 1 aliphatic heterocycles. The Morgan fingerprint density at radius 3 is 3.00 bits per heavy atom. The molecule has 0 aromatic heterocycles. The van der Waals surface area contributed by atoms with Crippen molar-refractivity contribution in [1.82, 2.24) is 5.32 Å². The van der Waals surface area contributed by atoms with Gasteiger partial charge >= 0.3 is 0 Å². The van der Waals surface area contributed by atoms with Crippen LogP contribution in [0.2, 0.25) is 0 Å². The van der Waals surface area contributed by atoms with Crippen molar-refractivity contribution < 1.29 is 4.39 Å². The van der Waals surface area contributed by atoms with Gasteiger partial charge in [-0.05, 0) is 54.8 Å². The van der Waals surface area contributed by atoms with Crippen LogP contribution in [0.3, 0.4) is 0 Å². The van der Waals surface area contributed by atoms with E-state index in [1.807, 2.05) is 6.07 Å².